The third-order valence-corrected chi connectivity index (χ3v) is 3.61. The first-order valence-corrected chi connectivity index (χ1v) is 6.16. The number of carbonyl (C=O) groups is 2. The summed E-state index contributed by atoms with van der Waals surface area (Å²) in [6.45, 7) is 2.05. The number of anilines is 1. The lowest BCUT2D eigenvalue weighted by Crippen LogP contribution is -2.20. The number of carboxylic acids is 1. The van der Waals surface area contributed by atoms with Crippen LogP contribution in [-0.2, 0) is 16.1 Å². The maximum Gasteiger partial charge on any atom is 0.408 e. The van der Waals surface area contributed by atoms with Gasteiger partial charge in [-0.1, -0.05) is 13.8 Å². The Balaban J connectivity index is 2.00. The Labute approximate surface area is 117 Å². The zero-order valence-corrected chi connectivity index (χ0v) is 11.3. The predicted molar refractivity (Wildman–Crippen MR) is 65.3 cm³/mol. The molecule has 0 aromatic carbocycles. The van der Waals surface area contributed by atoms with Gasteiger partial charge in [-0.25, -0.2) is 0 Å². The number of carbonyl (C=O) groups excluding carboxylic acids is 1. The lowest BCUT2D eigenvalue weighted by Gasteiger charge is -2.06. The van der Waals surface area contributed by atoms with Crippen molar-refractivity contribution in [1.82, 2.24) is 9.78 Å². The minimum atomic E-state index is -4.40. The summed E-state index contributed by atoms with van der Waals surface area (Å²) in [5.74, 6) is -3.17. The van der Waals surface area contributed by atoms with E-state index in [0.717, 1.165) is 6.20 Å². The van der Waals surface area contributed by atoms with E-state index in [1.807, 2.05) is 0 Å². The smallest absolute Gasteiger partial charge is 0.408 e. The molecule has 2 atom stereocenters. The molecule has 1 fully saturated rings. The van der Waals surface area contributed by atoms with Crippen molar-refractivity contribution in [2.45, 2.75) is 26.6 Å². The van der Waals surface area contributed by atoms with Gasteiger partial charge in [0.05, 0.1) is 11.8 Å². The summed E-state index contributed by atoms with van der Waals surface area (Å²) < 4.78 is 37.2. The fourth-order valence-corrected chi connectivity index (χ4v) is 2.49. The van der Waals surface area contributed by atoms with Crippen molar-refractivity contribution < 1.29 is 27.9 Å². The van der Waals surface area contributed by atoms with Gasteiger partial charge in [0.2, 0.25) is 5.91 Å². The van der Waals surface area contributed by atoms with Crippen molar-refractivity contribution in [3.05, 3.63) is 12.3 Å². The minimum absolute atomic E-state index is 0.0314. The first kappa shape index (κ1) is 15.3. The summed E-state index contributed by atoms with van der Waals surface area (Å²) in [6.07, 6.45) is -3.31. The van der Waals surface area contributed by atoms with Crippen LogP contribution < -0.4 is 5.32 Å². The highest BCUT2D eigenvalue weighted by Crippen LogP contribution is 2.58. The minimum Gasteiger partial charge on any atom is -0.481 e. The van der Waals surface area contributed by atoms with Crippen LogP contribution in [0.1, 0.15) is 13.8 Å². The van der Waals surface area contributed by atoms with Gasteiger partial charge in [-0.3, -0.25) is 14.3 Å². The monoisotopic (exact) mass is 305 g/mol. The number of amides is 1. The zero-order chi connectivity index (χ0) is 16.0. The average molecular weight is 305 g/mol. The molecule has 1 heterocycles. The van der Waals surface area contributed by atoms with Crippen LogP contribution in [0.25, 0.3) is 0 Å². The third-order valence-electron chi connectivity index (χ3n) is 3.61. The topological polar surface area (TPSA) is 84.2 Å². The second-order valence-corrected chi connectivity index (χ2v) is 5.62. The van der Waals surface area contributed by atoms with E-state index in [0.29, 0.717) is 4.68 Å². The van der Waals surface area contributed by atoms with Crippen molar-refractivity contribution in [1.29, 1.82) is 0 Å². The number of aliphatic carboxylic acids is 1. The van der Waals surface area contributed by atoms with E-state index >= 15 is 0 Å². The Kier molecular flexibility index (Phi) is 3.46. The maximum atomic E-state index is 12.2. The van der Waals surface area contributed by atoms with E-state index in [2.05, 4.69) is 10.4 Å². The van der Waals surface area contributed by atoms with Crippen LogP contribution in [0.3, 0.4) is 0 Å². The lowest BCUT2D eigenvalue weighted by atomic mass is 10.1. The van der Waals surface area contributed by atoms with E-state index in [-0.39, 0.29) is 5.82 Å². The van der Waals surface area contributed by atoms with E-state index in [4.69, 9.17) is 5.11 Å². The number of carboxylic acid groups (broad SMARTS) is 1. The zero-order valence-electron chi connectivity index (χ0n) is 11.3. The molecule has 2 N–H and O–H groups in total. The van der Waals surface area contributed by atoms with Crippen LogP contribution in [-0.4, -0.2) is 32.9 Å². The summed E-state index contributed by atoms with van der Waals surface area (Å²) in [7, 11) is 0. The van der Waals surface area contributed by atoms with E-state index in [1.165, 1.54) is 6.07 Å². The number of nitrogens with one attached hydrogen (secondary N) is 1. The average Bonchev–Trinajstić information content (AvgIpc) is 2.62. The number of rotatable bonds is 4. The Morgan fingerprint density at radius 3 is 2.52 bits per heavy atom. The molecular formula is C12H14F3N3O3. The third kappa shape index (κ3) is 3.17. The Morgan fingerprint density at radius 2 is 2.05 bits per heavy atom. The molecule has 0 bridgehead atoms. The van der Waals surface area contributed by atoms with Crippen molar-refractivity contribution >= 4 is 17.7 Å². The van der Waals surface area contributed by atoms with Gasteiger partial charge in [-0.15, -0.1) is 0 Å². The highest BCUT2D eigenvalue weighted by atomic mass is 19.4. The quantitative estimate of drug-likeness (QED) is 0.887. The van der Waals surface area contributed by atoms with Crippen molar-refractivity contribution in [3.8, 4) is 0 Å². The summed E-state index contributed by atoms with van der Waals surface area (Å²) in [4.78, 5) is 22.9. The Hall–Kier alpha value is -2.06. The van der Waals surface area contributed by atoms with Crippen LogP contribution in [0, 0.1) is 17.3 Å². The van der Waals surface area contributed by atoms with Crippen molar-refractivity contribution in [3.63, 3.8) is 0 Å². The van der Waals surface area contributed by atoms with Crippen LogP contribution in [0.15, 0.2) is 12.3 Å². The van der Waals surface area contributed by atoms with Gasteiger partial charge in [-0.2, -0.15) is 18.3 Å². The Bertz CT molecular complexity index is 580. The molecular weight excluding hydrogens is 291 g/mol. The lowest BCUT2D eigenvalue weighted by molar-refractivity contribution is -0.142. The molecule has 1 saturated carbocycles. The van der Waals surface area contributed by atoms with Crippen LogP contribution in [0.5, 0.6) is 0 Å². The fraction of sp³-hybridized carbons (Fsp3) is 0.583. The number of nitrogens with zero attached hydrogens (tertiary/aromatic N) is 2. The molecule has 0 saturated heterocycles. The summed E-state index contributed by atoms with van der Waals surface area (Å²) in [5.41, 5.74) is -0.676. The molecule has 1 aromatic heterocycles. The van der Waals surface area contributed by atoms with Gasteiger partial charge in [-0.05, 0) is 5.41 Å². The molecule has 1 aliphatic carbocycles. The normalized spacial score (nSPS) is 23.7. The second kappa shape index (κ2) is 4.74. The van der Waals surface area contributed by atoms with E-state index < -0.39 is 41.8 Å². The second-order valence-electron chi connectivity index (χ2n) is 5.62. The highest BCUT2D eigenvalue weighted by molar-refractivity contribution is 5.99. The molecule has 0 spiro atoms. The van der Waals surface area contributed by atoms with Crippen molar-refractivity contribution in [2.24, 2.45) is 17.3 Å². The largest absolute Gasteiger partial charge is 0.481 e. The molecule has 2 rings (SSSR count). The number of alkyl halides is 3. The molecule has 0 aliphatic heterocycles. The SMILES string of the molecule is CC1(C)[C@H](C(=O)O)[C@@H]1C(=O)Nc1ccn(CC(F)(F)F)n1. The molecule has 9 heteroatoms. The van der Waals surface area contributed by atoms with Crippen molar-refractivity contribution in [2.75, 3.05) is 5.32 Å². The van der Waals surface area contributed by atoms with Gasteiger partial charge in [0, 0.05) is 12.3 Å². The fourth-order valence-electron chi connectivity index (χ4n) is 2.49. The van der Waals surface area contributed by atoms with Gasteiger partial charge >= 0.3 is 12.1 Å². The van der Waals surface area contributed by atoms with Gasteiger partial charge in [0.1, 0.15) is 6.54 Å². The summed E-state index contributed by atoms with van der Waals surface area (Å²) in [5, 5.41) is 14.9. The first-order chi connectivity index (χ1) is 9.52. The van der Waals surface area contributed by atoms with Gasteiger partial charge < -0.3 is 10.4 Å². The molecule has 0 unspecified atom stereocenters. The summed E-state index contributed by atoms with van der Waals surface area (Å²) in [6, 6.07) is 1.23. The standard InChI is InChI=1S/C12H14F3N3O3/c1-11(2)7(8(11)10(20)21)9(19)16-6-3-4-18(17-6)5-12(13,14)15/h3-4,7-8H,5H2,1-2H3,(H,20,21)(H,16,17,19)/t7-,8+/m1/s1. The molecule has 6 nitrogen and oxygen atoms in total. The number of hydrogen-bond donors (Lipinski definition) is 2. The number of hydrogen-bond acceptors (Lipinski definition) is 3. The van der Waals surface area contributed by atoms with Crippen LogP contribution in [0.4, 0.5) is 19.0 Å². The number of halogens is 3. The molecule has 1 amide bonds. The molecule has 1 aliphatic rings. The van der Waals surface area contributed by atoms with Gasteiger partial charge in [0.15, 0.2) is 5.82 Å². The molecule has 1 aromatic rings. The molecule has 116 valence electrons. The van der Waals surface area contributed by atoms with Crippen LogP contribution >= 0.6 is 0 Å². The van der Waals surface area contributed by atoms with Gasteiger partial charge in [0.25, 0.3) is 0 Å². The van der Waals surface area contributed by atoms with E-state index in [9.17, 15) is 22.8 Å². The predicted octanol–water partition coefficient (Wildman–Crippen LogP) is 1.74. The molecule has 21 heavy (non-hydrogen) atoms. The first-order valence-electron chi connectivity index (χ1n) is 6.16. The summed E-state index contributed by atoms with van der Waals surface area (Å²) >= 11 is 0. The maximum absolute atomic E-state index is 12.2. The van der Waals surface area contributed by atoms with Crippen LogP contribution in [0.2, 0.25) is 0 Å². The molecule has 0 radical (unpaired) electrons. The highest BCUT2D eigenvalue weighted by Gasteiger charge is 2.65. The Morgan fingerprint density at radius 1 is 1.43 bits per heavy atom. The number of aromatic nitrogens is 2. The van der Waals surface area contributed by atoms with E-state index in [1.54, 1.807) is 13.8 Å².